The van der Waals surface area contributed by atoms with Crippen molar-refractivity contribution in [2.24, 2.45) is 0 Å². The summed E-state index contributed by atoms with van der Waals surface area (Å²) in [6.07, 6.45) is 1.17. The summed E-state index contributed by atoms with van der Waals surface area (Å²) < 4.78 is 5.41. The highest BCUT2D eigenvalue weighted by Gasteiger charge is 2.29. The molecule has 0 N–H and O–H groups in total. The van der Waals surface area contributed by atoms with Crippen LogP contribution in [0, 0.1) is 6.92 Å². The van der Waals surface area contributed by atoms with E-state index >= 15 is 0 Å². The van der Waals surface area contributed by atoms with Gasteiger partial charge in [-0.25, -0.2) is 0 Å². The van der Waals surface area contributed by atoms with Gasteiger partial charge in [-0.3, -0.25) is 14.6 Å². The number of benzene rings is 1. The standard InChI is InChI=1S/C17H24N2O2/c1-14-2-4-15(5-3-14)17(20)13-18-7-6-16(12-18)19-8-10-21-11-9-19/h2-5,16H,6-13H2,1H3. The summed E-state index contributed by atoms with van der Waals surface area (Å²) in [5.41, 5.74) is 2.02. The van der Waals surface area contributed by atoms with E-state index in [0.29, 0.717) is 12.6 Å². The Morgan fingerprint density at radius 3 is 2.62 bits per heavy atom. The Morgan fingerprint density at radius 2 is 1.90 bits per heavy atom. The van der Waals surface area contributed by atoms with Gasteiger partial charge in [0.15, 0.2) is 5.78 Å². The molecule has 2 fully saturated rings. The molecule has 0 spiro atoms. The largest absolute Gasteiger partial charge is 0.379 e. The molecule has 0 bridgehead atoms. The first-order valence-electron chi connectivity index (χ1n) is 7.86. The van der Waals surface area contributed by atoms with Crippen LogP contribution in [0.5, 0.6) is 0 Å². The van der Waals surface area contributed by atoms with Crippen molar-refractivity contribution >= 4 is 5.78 Å². The summed E-state index contributed by atoms with van der Waals surface area (Å²) in [5.74, 6) is 0.234. The third-order valence-electron chi connectivity index (χ3n) is 4.55. The number of ether oxygens (including phenoxy) is 1. The van der Waals surface area contributed by atoms with Crippen molar-refractivity contribution in [3.05, 3.63) is 35.4 Å². The van der Waals surface area contributed by atoms with E-state index in [9.17, 15) is 4.79 Å². The molecular weight excluding hydrogens is 264 g/mol. The molecule has 4 heteroatoms. The zero-order chi connectivity index (χ0) is 14.7. The predicted molar refractivity (Wildman–Crippen MR) is 82.7 cm³/mol. The van der Waals surface area contributed by atoms with Gasteiger partial charge >= 0.3 is 0 Å². The summed E-state index contributed by atoms with van der Waals surface area (Å²) in [6.45, 7) is 8.38. The van der Waals surface area contributed by atoms with E-state index in [1.165, 1.54) is 12.0 Å². The molecule has 1 unspecified atom stereocenters. The molecule has 2 saturated heterocycles. The van der Waals surface area contributed by atoms with Gasteiger partial charge in [-0.05, 0) is 13.3 Å². The number of aryl methyl sites for hydroxylation is 1. The lowest BCUT2D eigenvalue weighted by Gasteiger charge is -2.32. The Kier molecular flexibility index (Phi) is 4.68. The number of hydrogen-bond donors (Lipinski definition) is 0. The molecule has 1 atom stereocenters. The van der Waals surface area contributed by atoms with Crippen molar-refractivity contribution in [1.82, 2.24) is 9.80 Å². The maximum atomic E-state index is 12.3. The first-order chi connectivity index (χ1) is 10.2. The summed E-state index contributed by atoms with van der Waals surface area (Å²) >= 11 is 0. The molecule has 2 aliphatic rings. The second kappa shape index (κ2) is 6.69. The maximum absolute atomic E-state index is 12.3. The number of rotatable bonds is 4. The first kappa shape index (κ1) is 14.7. The lowest BCUT2D eigenvalue weighted by atomic mass is 10.1. The summed E-state index contributed by atoms with van der Waals surface area (Å²) in [7, 11) is 0. The lowest BCUT2D eigenvalue weighted by Crippen LogP contribution is -2.45. The molecule has 0 amide bonds. The van der Waals surface area contributed by atoms with Gasteiger partial charge in [0, 0.05) is 37.8 Å². The molecular formula is C17H24N2O2. The van der Waals surface area contributed by atoms with Crippen LogP contribution in [-0.4, -0.2) is 67.6 Å². The molecule has 4 nitrogen and oxygen atoms in total. The van der Waals surface area contributed by atoms with Gasteiger partial charge in [-0.1, -0.05) is 29.8 Å². The predicted octanol–water partition coefficient (Wildman–Crippen LogP) is 1.58. The lowest BCUT2D eigenvalue weighted by molar-refractivity contribution is 0.0185. The van der Waals surface area contributed by atoms with Gasteiger partial charge in [0.05, 0.1) is 19.8 Å². The Balaban J connectivity index is 1.52. The number of carbonyl (C=O) groups is 1. The number of ketones is 1. The van der Waals surface area contributed by atoms with E-state index < -0.39 is 0 Å². The molecule has 0 aromatic heterocycles. The summed E-state index contributed by atoms with van der Waals surface area (Å²) in [4.78, 5) is 17.1. The van der Waals surface area contributed by atoms with Crippen LogP contribution in [0.2, 0.25) is 0 Å². The fraction of sp³-hybridized carbons (Fsp3) is 0.588. The third-order valence-corrected chi connectivity index (χ3v) is 4.55. The van der Waals surface area contributed by atoms with Crippen LogP contribution in [0.3, 0.4) is 0 Å². The first-order valence-corrected chi connectivity index (χ1v) is 7.86. The molecule has 114 valence electrons. The van der Waals surface area contributed by atoms with Crippen molar-refractivity contribution in [2.45, 2.75) is 19.4 Å². The van der Waals surface area contributed by atoms with Gasteiger partial charge in [-0.15, -0.1) is 0 Å². The summed E-state index contributed by atoms with van der Waals surface area (Å²) in [6, 6.07) is 8.49. The minimum Gasteiger partial charge on any atom is -0.379 e. The average Bonchev–Trinajstić information content (AvgIpc) is 2.97. The molecule has 1 aromatic carbocycles. The number of hydrogen-bond acceptors (Lipinski definition) is 4. The Hall–Kier alpha value is -1.23. The second-order valence-electron chi connectivity index (χ2n) is 6.12. The topological polar surface area (TPSA) is 32.8 Å². The SMILES string of the molecule is Cc1ccc(C(=O)CN2CCC(N3CCOCC3)C2)cc1. The molecule has 2 heterocycles. The monoisotopic (exact) mass is 288 g/mol. The molecule has 21 heavy (non-hydrogen) atoms. The maximum Gasteiger partial charge on any atom is 0.176 e. The van der Waals surface area contributed by atoms with Crippen molar-refractivity contribution in [1.29, 1.82) is 0 Å². The van der Waals surface area contributed by atoms with Crippen molar-refractivity contribution in [3.63, 3.8) is 0 Å². The van der Waals surface area contributed by atoms with Crippen molar-refractivity contribution in [2.75, 3.05) is 45.9 Å². The number of nitrogens with zero attached hydrogens (tertiary/aromatic N) is 2. The molecule has 0 radical (unpaired) electrons. The van der Waals surface area contributed by atoms with E-state index in [-0.39, 0.29) is 5.78 Å². The van der Waals surface area contributed by atoms with Crippen LogP contribution in [0.15, 0.2) is 24.3 Å². The smallest absolute Gasteiger partial charge is 0.176 e. The molecule has 3 rings (SSSR count). The van der Waals surface area contributed by atoms with E-state index in [0.717, 1.165) is 45.0 Å². The Morgan fingerprint density at radius 1 is 1.19 bits per heavy atom. The van der Waals surface area contributed by atoms with Gasteiger partial charge in [0.25, 0.3) is 0 Å². The fourth-order valence-corrected chi connectivity index (χ4v) is 3.23. The van der Waals surface area contributed by atoms with E-state index in [1.54, 1.807) is 0 Å². The van der Waals surface area contributed by atoms with E-state index in [1.807, 2.05) is 31.2 Å². The van der Waals surface area contributed by atoms with Crippen LogP contribution >= 0.6 is 0 Å². The number of morpholine rings is 1. The van der Waals surface area contributed by atoms with Crippen molar-refractivity contribution in [3.8, 4) is 0 Å². The van der Waals surface area contributed by atoms with Crippen molar-refractivity contribution < 1.29 is 9.53 Å². The number of likely N-dealkylation sites (tertiary alicyclic amines) is 1. The number of Topliss-reactive ketones (excluding diaryl/α,β-unsaturated/α-hetero) is 1. The average molecular weight is 288 g/mol. The quantitative estimate of drug-likeness (QED) is 0.788. The van der Waals surface area contributed by atoms with Gasteiger partial charge in [0.1, 0.15) is 0 Å². The second-order valence-corrected chi connectivity index (χ2v) is 6.12. The van der Waals surface area contributed by atoms with E-state index in [2.05, 4.69) is 9.80 Å². The van der Waals surface area contributed by atoms with Gasteiger partial charge in [0.2, 0.25) is 0 Å². The Labute approximate surface area is 126 Å². The van der Waals surface area contributed by atoms with E-state index in [4.69, 9.17) is 4.74 Å². The van der Waals surface area contributed by atoms with Crippen LogP contribution in [-0.2, 0) is 4.74 Å². The highest BCUT2D eigenvalue weighted by Crippen LogP contribution is 2.17. The molecule has 2 aliphatic heterocycles. The van der Waals surface area contributed by atoms with Gasteiger partial charge in [-0.2, -0.15) is 0 Å². The van der Waals surface area contributed by atoms with Crippen LogP contribution in [0.25, 0.3) is 0 Å². The van der Waals surface area contributed by atoms with Gasteiger partial charge < -0.3 is 4.74 Å². The minimum absolute atomic E-state index is 0.234. The zero-order valence-corrected chi connectivity index (χ0v) is 12.8. The molecule has 1 aromatic rings. The Bertz CT molecular complexity index is 480. The zero-order valence-electron chi connectivity index (χ0n) is 12.8. The van der Waals surface area contributed by atoms with Crippen LogP contribution in [0.4, 0.5) is 0 Å². The molecule has 0 saturated carbocycles. The van der Waals surface area contributed by atoms with Crippen LogP contribution in [0.1, 0.15) is 22.3 Å². The highest BCUT2D eigenvalue weighted by molar-refractivity contribution is 5.97. The van der Waals surface area contributed by atoms with Crippen LogP contribution < -0.4 is 0 Å². The highest BCUT2D eigenvalue weighted by atomic mass is 16.5. The molecule has 0 aliphatic carbocycles. The normalized spacial score (nSPS) is 24.3. The fourth-order valence-electron chi connectivity index (χ4n) is 3.23. The number of carbonyl (C=O) groups excluding carboxylic acids is 1. The summed E-state index contributed by atoms with van der Waals surface area (Å²) in [5, 5.41) is 0. The third kappa shape index (κ3) is 3.70. The minimum atomic E-state index is 0.234.